The van der Waals surface area contributed by atoms with Crippen LogP contribution < -0.4 is 14.8 Å². The van der Waals surface area contributed by atoms with Gasteiger partial charge in [0.2, 0.25) is 0 Å². The smallest absolute Gasteiger partial charge is 0.174 e. The third-order valence-corrected chi connectivity index (χ3v) is 5.69. The van der Waals surface area contributed by atoms with Gasteiger partial charge in [-0.3, -0.25) is 0 Å². The van der Waals surface area contributed by atoms with Crippen LogP contribution >= 0.6 is 45.8 Å². The van der Waals surface area contributed by atoms with Gasteiger partial charge in [0, 0.05) is 27.8 Å². The molecule has 0 amide bonds. The van der Waals surface area contributed by atoms with Gasteiger partial charge in [-0.15, -0.1) is 0 Å². The number of hydrogen-bond donors (Lipinski definition) is 1. The highest BCUT2D eigenvalue weighted by molar-refractivity contribution is 14.1. The number of halogens is 3. The van der Waals surface area contributed by atoms with Crippen LogP contribution in [0.2, 0.25) is 10.0 Å². The first-order valence-corrected chi connectivity index (χ1v) is 11.1. The van der Waals surface area contributed by atoms with E-state index in [9.17, 15) is 0 Å². The minimum absolute atomic E-state index is 0.340. The van der Waals surface area contributed by atoms with Crippen LogP contribution in [0.5, 0.6) is 11.5 Å². The Morgan fingerprint density at radius 3 is 2.41 bits per heavy atom. The van der Waals surface area contributed by atoms with Gasteiger partial charge in [-0.05, 0) is 78.4 Å². The molecule has 1 N–H and O–H groups in total. The summed E-state index contributed by atoms with van der Waals surface area (Å²) in [6.45, 7) is 5.64. The van der Waals surface area contributed by atoms with Crippen molar-refractivity contribution in [3.63, 3.8) is 0 Å². The Bertz CT molecular complexity index is 977. The largest absolute Gasteiger partial charge is 0.490 e. The molecule has 3 aromatic rings. The average molecular weight is 542 g/mol. The quantitative estimate of drug-likeness (QED) is 0.299. The van der Waals surface area contributed by atoms with E-state index >= 15 is 0 Å². The lowest BCUT2D eigenvalue weighted by molar-refractivity contribution is 0.267. The van der Waals surface area contributed by atoms with Crippen molar-refractivity contribution >= 4 is 51.5 Å². The number of nitrogens with one attached hydrogen (secondary N) is 1. The summed E-state index contributed by atoms with van der Waals surface area (Å²) in [5.41, 5.74) is 4.32. The molecule has 6 heteroatoms. The monoisotopic (exact) mass is 541 g/mol. The lowest BCUT2D eigenvalue weighted by atomic mass is 10.1. The van der Waals surface area contributed by atoms with E-state index in [1.54, 1.807) is 12.1 Å². The summed E-state index contributed by atoms with van der Waals surface area (Å²) in [5.74, 6) is 1.45. The summed E-state index contributed by atoms with van der Waals surface area (Å²) in [4.78, 5) is 0. The summed E-state index contributed by atoms with van der Waals surface area (Å²) in [5, 5.41) is 4.64. The van der Waals surface area contributed by atoms with Crippen LogP contribution in [0.25, 0.3) is 0 Å². The van der Waals surface area contributed by atoms with E-state index < -0.39 is 0 Å². The van der Waals surface area contributed by atoms with Gasteiger partial charge in [-0.2, -0.15) is 0 Å². The minimum Gasteiger partial charge on any atom is -0.490 e. The molecule has 0 spiro atoms. The van der Waals surface area contributed by atoms with Gasteiger partial charge in [0.1, 0.15) is 6.61 Å². The Morgan fingerprint density at radius 1 is 0.966 bits per heavy atom. The third-order valence-electron chi connectivity index (χ3n) is 4.30. The molecule has 0 aliphatic rings. The molecular formula is C23H22Cl2INO2. The molecule has 0 radical (unpaired) electrons. The average Bonchev–Trinajstić information content (AvgIpc) is 2.68. The van der Waals surface area contributed by atoms with Crippen molar-refractivity contribution in [3.8, 4) is 11.5 Å². The van der Waals surface area contributed by atoms with Crippen molar-refractivity contribution in [2.75, 3.05) is 11.9 Å². The maximum Gasteiger partial charge on any atom is 0.174 e. The van der Waals surface area contributed by atoms with Crippen molar-refractivity contribution in [1.82, 2.24) is 0 Å². The maximum atomic E-state index is 6.27. The van der Waals surface area contributed by atoms with Crippen molar-refractivity contribution in [2.45, 2.75) is 27.0 Å². The van der Waals surface area contributed by atoms with E-state index in [0.717, 1.165) is 31.9 Å². The molecule has 0 aliphatic heterocycles. The second-order valence-electron chi connectivity index (χ2n) is 6.58. The molecule has 0 bridgehead atoms. The van der Waals surface area contributed by atoms with Gasteiger partial charge < -0.3 is 14.8 Å². The van der Waals surface area contributed by atoms with Crippen molar-refractivity contribution in [1.29, 1.82) is 0 Å². The molecule has 3 nitrogen and oxygen atoms in total. The highest BCUT2D eigenvalue weighted by Gasteiger charge is 2.13. The zero-order valence-electron chi connectivity index (χ0n) is 16.3. The number of benzene rings is 3. The second kappa shape index (κ2) is 10.4. The fourth-order valence-corrected chi connectivity index (χ4v) is 4.08. The Morgan fingerprint density at radius 2 is 1.72 bits per heavy atom. The first-order chi connectivity index (χ1) is 14.0. The standard InChI is InChI=1S/C23H22Cl2INO2/c1-3-28-22-11-16(13-27-19-8-4-15(2)5-9-19)10-21(26)23(22)29-14-17-6-7-18(24)12-20(17)25/h4-12,27H,3,13-14H2,1-2H3. The van der Waals surface area contributed by atoms with Crippen molar-refractivity contribution in [2.24, 2.45) is 0 Å². The van der Waals surface area contributed by atoms with E-state index in [-0.39, 0.29) is 0 Å². The van der Waals surface area contributed by atoms with Crippen LogP contribution in [0.3, 0.4) is 0 Å². The Hall–Kier alpha value is -1.63. The molecule has 0 heterocycles. The summed E-state index contributed by atoms with van der Waals surface area (Å²) in [6.07, 6.45) is 0. The van der Waals surface area contributed by atoms with Gasteiger partial charge in [0.15, 0.2) is 11.5 Å². The van der Waals surface area contributed by atoms with E-state index in [2.05, 4.69) is 65.2 Å². The molecule has 0 aliphatic carbocycles. The Labute approximate surface area is 195 Å². The van der Waals surface area contributed by atoms with Gasteiger partial charge in [-0.1, -0.05) is 47.0 Å². The molecule has 0 saturated heterocycles. The molecule has 0 aromatic heterocycles. The molecule has 3 rings (SSSR count). The minimum atomic E-state index is 0.340. The van der Waals surface area contributed by atoms with Crippen molar-refractivity contribution < 1.29 is 9.47 Å². The van der Waals surface area contributed by atoms with Gasteiger partial charge in [-0.25, -0.2) is 0 Å². The van der Waals surface area contributed by atoms with E-state index in [1.807, 2.05) is 19.1 Å². The topological polar surface area (TPSA) is 30.5 Å². The number of ether oxygens (including phenoxy) is 2. The fraction of sp³-hybridized carbons (Fsp3) is 0.217. The van der Waals surface area contributed by atoms with E-state index in [4.69, 9.17) is 32.7 Å². The number of anilines is 1. The van der Waals surface area contributed by atoms with Crippen LogP contribution in [0.15, 0.2) is 54.6 Å². The van der Waals surface area contributed by atoms with Gasteiger partial charge >= 0.3 is 0 Å². The maximum absolute atomic E-state index is 6.27. The summed E-state index contributed by atoms with van der Waals surface area (Å²) >= 11 is 14.5. The predicted molar refractivity (Wildman–Crippen MR) is 130 cm³/mol. The highest BCUT2D eigenvalue weighted by atomic mass is 127. The zero-order valence-corrected chi connectivity index (χ0v) is 19.9. The molecule has 0 unspecified atom stereocenters. The van der Waals surface area contributed by atoms with E-state index in [1.165, 1.54) is 5.56 Å². The number of aryl methyl sites for hydroxylation is 1. The normalized spacial score (nSPS) is 10.7. The molecule has 0 fully saturated rings. The van der Waals surface area contributed by atoms with Gasteiger partial charge in [0.05, 0.1) is 10.2 Å². The third kappa shape index (κ3) is 6.17. The number of rotatable bonds is 8. The van der Waals surface area contributed by atoms with Crippen LogP contribution in [0.1, 0.15) is 23.6 Å². The first kappa shape index (κ1) is 22.1. The Balaban J connectivity index is 1.75. The lowest BCUT2D eigenvalue weighted by Gasteiger charge is -2.16. The molecule has 29 heavy (non-hydrogen) atoms. The predicted octanol–water partition coefficient (Wildman–Crippen LogP) is 7.50. The van der Waals surface area contributed by atoms with E-state index in [0.29, 0.717) is 29.8 Å². The summed E-state index contributed by atoms with van der Waals surface area (Å²) < 4.78 is 12.9. The van der Waals surface area contributed by atoms with Crippen LogP contribution in [0, 0.1) is 10.5 Å². The molecule has 3 aromatic carbocycles. The van der Waals surface area contributed by atoms with Crippen molar-refractivity contribution in [3.05, 3.63) is 84.9 Å². The summed E-state index contributed by atoms with van der Waals surface area (Å²) in [6, 6.07) is 17.9. The molecule has 152 valence electrons. The molecule has 0 saturated carbocycles. The second-order valence-corrected chi connectivity index (χ2v) is 8.59. The first-order valence-electron chi connectivity index (χ1n) is 9.28. The van der Waals surface area contributed by atoms with Crippen LogP contribution in [0.4, 0.5) is 5.69 Å². The van der Waals surface area contributed by atoms with Crippen LogP contribution in [-0.2, 0) is 13.2 Å². The summed E-state index contributed by atoms with van der Waals surface area (Å²) in [7, 11) is 0. The molecular weight excluding hydrogens is 520 g/mol. The zero-order chi connectivity index (χ0) is 20.8. The Kier molecular flexibility index (Phi) is 7.92. The van der Waals surface area contributed by atoms with Crippen LogP contribution in [-0.4, -0.2) is 6.61 Å². The fourth-order valence-electron chi connectivity index (χ4n) is 2.79. The molecule has 0 atom stereocenters. The highest BCUT2D eigenvalue weighted by Crippen LogP contribution is 2.35. The van der Waals surface area contributed by atoms with Gasteiger partial charge in [0.25, 0.3) is 0 Å². The SMILES string of the molecule is CCOc1cc(CNc2ccc(C)cc2)cc(I)c1OCc1ccc(Cl)cc1Cl. The lowest BCUT2D eigenvalue weighted by Crippen LogP contribution is -2.05. The number of hydrogen-bond acceptors (Lipinski definition) is 3.